The van der Waals surface area contributed by atoms with Crippen molar-refractivity contribution in [2.24, 2.45) is 5.92 Å². The molecule has 0 heterocycles. The Hall–Kier alpha value is -2.04. The maximum Gasteiger partial charge on any atom is 0.341 e. The minimum absolute atomic E-state index is 0.286. The first-order chi connectivity index (χ1) is 9.32. The molecule has 1 aromatic rings. The summed E-state index contributed by atoms with van der Waals surface area (Å²) in [5, 5.41) is 2.72. The number of nitrogens with one attached hydrogen (secondary N) is 1. The Labute approximate surface area is 119 Å². The molecule has 0 saturated heterocycles. The highest BCUT2D eigenvalue weighted by molar-refractivity contribution is 5.97. The second kappa shape index (κ2) is 6.93. The van der Waals surface area contributed by atoms with Crippen molar-refractivity contribution in [1.29, 1.82) is 0 Å². The van der Waals surface area contributed by atoms with E-state index in [1.807, 2.05) is 26.8 Å². The number of hydrogen-bond donors (Lipinski definition) is 2. The fraction of sp³-hybridized carbons (Fsp3) is 0.467. The van der Waals surface area contributed by atoms with Crippen LogP contribution < -0.4 is 11.1 Å². The van der Waals surface area contributed by atoms with Gasteiger partial charge in [-0.3, -0.25) is 4.79 Å². The van der Waals surface area contributed by atoms with Crippen molar-refractivity contribution in [2.45, 2.75) is 33.8 Å². The van der Waals surface area contributed by atoms with E-state index in [0.717, 1.165) is 5.56 Å². The Morgan fingerprint density at radius 1 is 1.30 bits per heavy atom. The van der Waals surface area contributed by atoms with Gasteiger partial charge in [-0.1, -0.05) is 26.0 Å². The summed E-state index contributed by atoms with van der Waals surface area (Å²) in [4.78, 5) is 23.7. The molecule has 0 radical (unpaired) electrons. The number of amides is 1. The first-order valence-corrected chi connectivity index (χ1v) is 6.66. The second-order valence-electron chi connectivity index (χ2n) is 5.22. The Balaban J connectivity index is 2.66. The number of benzene rings is 1. The molecule has 1 rings (SSSR count). The summed E-state index contributed by atoms with van der Waals surface area (Å²) in [5.41, 5.74) is 7.30. The lowest BCUT2D eigenvalue weighted by atomic mass is 10.1. The van der Waals surface area contributed by atoms with E-state index >= 15 is 0 Å². The van der Waals surface area contributed by atoms with Gasteiger partial charge in [0.25, 0.3) is 5.91 Å². The molecular formula is C15H22N2O3. The first kappa shape index (κ1) is 16.0. The van der Waals surface area contributed by atoms with E-state index < -0.39 is 12.1 Å². The summed E-state index contributed by atoms with van der Waals surface area (Å²) >= 11 is 0. The smallest absolute Gasteiger partial charge is 0.341 e. The normalized spacial score (nSPS) is 12.1. The van der Waals surface area contributed by atoms with Crippen LogP contribution in [0.5, 0.6) is 0 Å². The minimum atomic E-state index is -0.846. The van der Waals surface area contributed by atoms with Crippen molar-refractivity contribution in [3.8, 4) is 0 Å². The van der Waals surface area contributed by atoms with Crippen LogP contribution in [0.4, 0.5) is 5.69 Å². The highest BCUT2D eigenvalue weighted by Gasteiger charge is 2.20. The molecule has 110 valence electrons. The molecule has 0 fully saturated rings. The van der Waals surface area contributed by atoms with Crippen LogP contribution in [0.1, 0.15) is 36.7 Å². The van der Waals surface area contributed by atoms with E-state index in [4.69, 9.17) is 10.5 Å². The van der Waals surface area contributed by atoms with Crippen LogP contribution >= 0.6 is 0 Å². The number of carbonyl (C=O) groups excluding carboxylic acids is 2. The molecule has 5 nitrogen and oxygen atoms in total. The number of para-hydroxylation sites is 1. The highest BCUT2D eigenvalue weighted by Crippen LogP contribution is 2.17. The molecule has 1 atom stereocenters. The average Bonchev–Trinajstić information content (AvgIpc) is 2.38. The highest BCUT2D eigenvalue weighted by atomic mass is 16.5. The molecule has 20 heavy (non-hydrogen) atoms. The zero-order chi connectivity index (χ0) is 15.3. The number of ether oxygens (including phenoxy) is 1. The number of esters is 1. The van der Waals surface area contributed by atoms with Crippen LogP contribution in [0, 0.1) is 12.8 Å². The quantitative estimate of drug-likeness (QED) is 0.636. The van der Waals surface area contributed by atoms with E-state index in [1.165, 1.54) is 0 Å². The van der Waals surface area contributed by atoms with Crippen molar-refractivity contribution in [3.63, 3.8) is 0 Å². The largest absolute Gasteiger partial charge is 0.449 e. The Morgan fingerprint density at radius 2 is 1.95 bits per heavy atom. The van der Waals surface area contributed by atoms with E-state index in [1.54, 1.807) is 19.1 Å². The number of rotatable bonds is 5. The molecule has 0 saturated carbocycles. The lowest BCUT2D eigenvalue weighted by molar-refractivity contribution is -0.129. The van der Waals surface area contributed by atoms with Gasteiger partial charge in [-0.05, 0) is 31.4 Å². The van der Waals surface area contributed by atoms with Gasteiger partial charge in [-0.25, -0.2) is 4.79 Å². The molecule has 0 spiro atoms. The third-order valence-corrected chi connectivity index (χ3v) is 2.88. The fourth-order valence-corrected chi connectivity index (χ4v) is 1.58. The SMILES string of the molecule is Cc1cccc(C(=O)O[C@@H](C)C(=O)NCC(C)C)c1N. The Kier molecular flexibility index (Phi) is 5.55. The summed E-state index contributed by atoms with van der Waals surface area (Å²) < 4.78 is 5.14. The van der Waals surface area contributed by atoms with Crippen molar-refractivity contribution in [2.75, 3.05) is 12.3 Å². The standard InChI is InChI=1S/C15H22N2O3/c1-9(2)8-17-14(18)11(4)20-15(19)12-7-5-6-10(3)13(12)16/h5-7,9,11H,8,16H2,1-4H3,(H,17,18)/t11-/m0/s1. The summed E-state index contributed by atoms with van der Waals surface area (Å²) in [5.74, 6) is -0.550. The third-order valence-electron chi connectivity index (χ3n) is 2.88. The Morgan fingerprint density at radius 3 is 2.55 bits per heavy atom. The number of nitrogens with two attached hydrogens (primary N) is 1. The molecule has 0 aliphatic carbocycles. The average molecular weight is 278 g/mol. The summed E-state index contributed by atoms with van der Waals surface area (Å²) in [7, 11) is 0. The number of carbonyl (C=O) groups is 2. The Bertz CT molecular complexity index is 498. The van der Waals surface area contributed by atoms with Gasteiger partial charge in [0.2, 0.25) is 0 Å². The van der Waals surface area contributed by atoms with Crippen molar-refractivity contribution >= 4 is 17.6 Å². The second-order valence-corrected chi connectivity index (χ2v) is 5.22. The number of nitrogen functional groups attached to an aromatic ring is 1. The van der Waals surface area contributed by atoms with Crippen molar-refractivity contribution < 1.29 is 14.3 Å². The van der Waals surface area contributed by atoms with E-state index in [9.17, 15) is 9.59 Å². The summed E-state index contributed by atoms with van der Waals surface area (Å²) in [6.07, 6.45) is -0.846. The van der Waals surface area contributed by atoms with Crippen LogP contribution in [0.3, 0.4) is 0 Å². The topological polar surface area (TPSA) is 81.4 Å². The number of aryl methyl sites for hydroxylation is 1. The zero-order valence-electron chi connectivity index (χ0n) is 12.4. The minimum Gasteiger partial charge on any atom is -0.449 e. The van der Waals surface area contributed by atoms with Crippen LogP contribution in [0.2, 0.25) is 0 Å². The monoisotopic (exact) mass is 278 g/mol. The van der Waals surface area contributed by atoms with Crippen LogP contribution in [-0.2, 0) is 9.53 Å². The number of anilines is 1. The zero-order valence-corrected chi connectivity index (χ0v) is 12.4. The van der Waals surface area contributed by atoms with Crippen molar-refractivity contribution in [1.82, 2.24) is 5.32 Å². The lowest BCUT2D eigenvalue weighted by Crippen LogP contribution is -2.37. The molecule has 0 aliphatic heterocycles. The maximum absolute atomic E-state index is 12.0. The van der Waals surface area contributed by atoms with Gasteiger partial charge in [0, 0.05) is 12.2 Å². The lowest BCUT2D eigenvalue weighted by Gasteiger charge is -2.15. The predicted octanol–water partition coefficient (Wildman–Crippen LogP) is 1.89. The molecule has 5 heteroatoms. The van der Waals surface area contributed by atoms with Gasteiger partial charge in [-0.15, -0.1) is 0 Å². The van der Waals surface area contributed by atoms with Gasteiger partial charge < -0.3 is 15.8 Å². The van der Waals surface area contributed by atoms with Crippen LogP contribution in [-0.4, -0.2) is 24.5 Å². The van der Waals surface area contributed by atoms with E-state index in [0.29, 0.717) is 18.2 Å². The molecule has 0 unspecified atom stereocenters. The van der Waals surface area contributed by atoms with Crippen LogP contribution in [0.15, 0.2) is 18.2 Å². The number of hydrogen-bond acceptors (Lipinski definition) is 4. The summed E-state index contributed by atoms with van der Waals surface area (Å²) in [6, 6.07) is 5.13. The first-order valence-electron chi connectivity index (χ1n) is 6.66. The van der Waals surface area contributed by atoms with Gasteiger partial charge >= 0.3 is 5.97 Å². The maximum atomic E-state index is 12.0. The molecule has 1 aromatic carbocycles. The molecule has 0 bridgehead atoms. The fourth-order valence-electron chi connectivity index (χ4n) is 1.58. The molecule has 0 aliphatic rings. The third kappa shape index (κ3) is 4.26. The molecule has 0 aromatic heterocycles. The van der Waals surface area contributed by atoms with Gasteiger partial charge in [-0.2, -0.15) is 0 Å². The van der Waals surface area contributed by atoms with E-state index in [2.05, 4.69) is 5.32 Å². The summed E-state index contributed by atoms with van der Waals surface area (Å²) in [6.45, 7) is 7.88. The van der Waals surface area contributed by atoms with Gasteiger partial charge in [0.1, 0.15) is 0 Å². The van der Waals surface area contributed by atoms with Crippen molar-refractivity contribution in [3.05, 3.63) is 29.3 Å². The van der Waals surface area contributed by atoms with Crippen LogP contribution in [0.25, 0.3) is 0 Å². The van der Waals surface area contributed by atoms with E-state index in [-0.39, 0.29) is 11.5 Å². The van der Waals surface area contributed by atoms with Gasteiger partial charge in [0.15, 0.2) is 6.10 Å². The molecular weight excluding hydrogens is 256 g/mol. The predicted molar refractivity (Wildman–Crippen MR) is 78.3 cm³/mol. The molecule has 1 amide bonds. The van der Waals surface area contributed by atoms with Gasteiger partial charge in [0.05, 0.1) is 5.56 Å². The molecule has 3 N–H and O–H groups in total.